The molecule has 11 heteroatoms. The summed E-state index contributed by atoms with van der Waals surface area (Å²) >= 11 is 0. The zero-order valence-electron chi connectivity index (χ0n) is 20.5. The van der Waals surface area contributed by atoms with E-state index in [-0.39, 0.29) is 49.2 Å². The summed E-state index contributed by atoms with van der Waals surface area (Å²) < 4.78 is 40.1. The van der Waals surface area contributed by atoms with Crippen LogP contribution >= 0.6 is 0 Å². The molecule has 2 aromatic carbocycles. The van der Waals surface area contributed by atoms with E-state index < -0.39 is 15.6 Å². The number of sulfonamides is 1. The second kappa shape index (κ2) is 9.98. The SMILES string of the molecule is Cc1cc(C(=O)N(C)C)ccc1CCS(=O)(=O)N1CCC2(CC1)N=C(c1cccc(OF)c1)NC2=O. The zero-order valence-corrected chi connectivity index (χ0v) is 21.3. The van der Waals surface area contributed by atoms with Crippen LogP contribution in [0.2, 0.25) is 0 Å². The number of rotatable bonds is 7. The van der Waals surface area contributed by atoms with Crippen molar-refractivity contribution in [3.63, 3.8) is 0 Å². The molecule has 1 fully saturated rings. The van der Waals surface area contributed by atoms with Crippen LogP contribution in [0, 0.1) is 6.92 Å². The normalized spacial score (nSPS) is 17.6. The molecule has 0 atom stereocenters. The van der Waals surface area contributed by atoms with Gasteiger partial charge in [0.1, 0.15) is 11.4 Å². The second-order valence-corrected chi connectivity index (χ2v) is 11.4. The van der Waals surface area contributed by atoms with Gasteiger partial charge in [0.15, 0.2) is 5.75 Å². The standard InChI is InChI=1S/C25H29FN4O5S/c1-17-15-20(23(31)29(2)3)8-7-18(17)9-14-36(33,34)30-12-10-25(11-13-30)24(32)27-22(28-25)19-5-4-6-21(16-19)35-26/h4-8,15-16H,9-14H2,1-3H3,(H,27,28,32). The summed E-state index contributed by atoms with van der Waals surface area (Å²) in [5.74, 6) is -0.144. The Kier molecular flexibility index (Phi) is 7.14. The van der Waals surface area contributed by atoms with Crippen LogP contribution in [0.25, 0.3) is 0 Å². The van der Waals surface area contributed by atoms with Crippen molar-refractivity contribution in [2.75, 3.05) is 32.9 Å². The third kappa shape index (κ3) is 5.12. The largest absolute Gasteiger partial charge is 0.345 e. The van der Waals surface area contributed by atoms with E-state index in [9.17, 15) is 22.5 Å². The van der Waals surface area contributed by atoms with Crippen LogP contribution in [0.5, 0.6) is 5.75 Å². The van der Waals surface area contributed by atoms with Crippen LogP contribution in [-0.4, -0.2) is 73.7 Å². The Morgan fingerprint density at radius 2 is 1.92 bits per heavy atom. The average Bonchev–Trinajstić information content (AvgIpc) is 3.18. The highest BCUT2D eigenvalue weighted by atomic mass is 32.2. The van der Waals surface area contributed by atoms with E-state index in [0.29, 0.717) is 23.4 Å². The minimum Gasteiger partial charge on any atom is -0.345 e. The van der Waals surface area contributed by atoms with Gasteiger partial charge in [0.2, 0.25) is 10.0 Å². The molecule has 36 heavy (non-hydrogen) atoms. The number of aryl methyl sites for hydroxylation is 2. The van der Waals surface area contributed by atoms with Crippen molar-refractivity contribution in [3.05, 3.63) is 64.7 Å². The Balaban J connectivity index is 1.40. The number of aliphatic imine (C=N–C) groups is 1. The summed E-state index contributed by atoms with van der Waals surface area (Å²) in [6.07, 6.45) is 0.824. The lowest BCUT2D eigenvalue weighted by molar-refractivity contribution is -0.124. The number of benzene rings is 2. The van der Waals surface area contributed by atoms with E-state index >= 15 is 0 Å². The van der Waals surface area contributed by atoms with Crippen molar-refractivity contribution in [3.8, 4) is 5.75 Å². The first kappa shape index (κ1) is 25.8. The number of hydrogen-bond donors (Lipinski definition) is 1. The number of nitrogens with zero attached hydrogens (tertiary/aromatic N) is 3. The summed E-state index contributed by atoms with van der Waals surface area (Å²) in [4.78, 5) is 34.8. The van der Waals surface area contributed by atoms with Crippen LogP contribution in [-0.2, 0) is 21.2 Å². The molecular weight excluding hydrogens is 487 g/mol. The molecule has 0 bridgehead atoms. The van der Waals surface area contributed by atoms with Crippen molar-refractivity contribution in [2.24, 2.45) is 4.99 Å². The number of nitrogens with one attached hydrogen (secondary N) is 1. The van der Waals surface area contributed by atoms with Crippen LogP contribution in [0.4, 0.5) is 4.53 Å². The Bertz CT molecular complexity index is 1320. The molecular formula is C25H29FN4O5S. The molecule has 0 unspecified atom stereocenters. The van der Waals surface area contributed by atoms with Gasteiger partial charge in [-0.15, -0.1) is 0 Å². The lowest BCUT2D eigenvalue weighted by atomic mass is 9.89. The maximum Gasteiger partial charge on any atom is 0.253 e. The summed E-state index contributed by atoms with van der Waals surface area (Å²) in [5.41, 5.74) is 1.76. The molecule has 2 amide bonds. The van der Waals surface area contributed by atoms with Crippen molar-refractivity contribution in [1.82, 2.24) is 14.5 Å². The smallest absolute Gasteiger partial charge is 0.253 e. The number of halogens is 1. The molecule has 9 nitrogen and oxygen atoms in total. The molecule has 0 radical (unpaired) electrons. The third-order valence-electron chi connectivity index (χ3n) is 6.75. The van der Waals surface area contributed by atoms with Gasteiger partial charge in [0, 0.05) is 42.8 Å². The third-order valence-corrected chi connectivity index (χ3v) is 8.62. The Hall–Kier alpha value is -3.31. The Morgan fingerprint density at radius 3 is 2.56 bits per heavy atom. The number of carbonyl (C=O) groups excluding carboxylic acids is 2. The van der Waals surface area contributed by atoms with E-state index in [2.05, 4.69) is 15.3 Å². The first-order chi connectivity index (χ1) is 17.0. The predicted octanol–water partition coefficient (Wildman–Crippen LogP) is 2.24. The molecule has 1 N–H and O–H groups in total. The van der Waals surface area contributed by atoms with Crippen LogP contribution in [0.1, 0.15) is 39.9 Å². The van der Waals surface area contributed by atoms with E-state index in [1.54, 1.807) is 44.4 Å². The minimum absolute atomic E-state index is 0.000451. The number of piperidine rings is 1. The van der Waals surface area contributed by atoms with Gasteiger partial charge in [-0.1, -0.05) is 18.2 Å². The van der Waals surface area contributed by atoms with Gasteiger partial charge in [-0.3, -0.25) is 19.5 Å². The molecule has 4 rings (SSSR count). The van der Waals surface area contributed by atoms with Crippen molar-refractivity contribution in [2.45, 2.75) is 31.7 Å². The average molecular weight is 517 g/mol. The quantitative estimate of drug-likeness (QED) is 0.607. The van der Waals surface area contributed by atoms with Gasteiger partial charge < -0.3 is 10.2 Å². The predicted molar refractivity (Wildman–Crippen MR) is 133 cm³/mol. The molecule has 2 heterocycles. The van der Waals surface area contributed by atoms with Crippen LogP contribution < -0.4 is 10.3 Å². The van der Waals surface area contributed by atoms with Crippen LogP contribution in [0.15, 0.2) is 47.5 Å². The van der Waals surface area contributed by atoms with Gasteiger partial charge >= 0.3 is 0 Å². The molecule has 2 aromatic rings. The second-order valence-electron chi connectivity index (χ2n) is 9.36. The van der Waals surface area contributed by atoms with Gasteiger partial charge in [-0.05, 0) is 61.6 Å². The highest BCUT2D eigenvalue weighted by Gasteiger charge is 2.47. The Morgan fingerprint density at radius 1 is 1.19 bits per heavy atom. The topological polar surface area (TPSA) is 108 Å². The summed E-state index contributed by atoms with van der Waals surface area (Å²) in [5, 5.41) is 2.75. The maximum atomic E-state index is 13.1. The first-order valence-corrected chi connectivity index (χ1v) is 13.2. The van der Waals surface area contributed by atoms with E-state index in [1.165, 1.54) is 21.3 Å². The molecule has 1 saturated heterocycles. The van der Waals surface area contributed by atoms with Crippen molar-refractivity contribution in [1.29, 1.82) is 0 Å². The highest BCUT2D eigenvalue weighted by molar-refractivity contribution is 7.89. The fourth-order valence-corrected chi connectivity index (χ4v) is 6.03. The van der Waals surface area contributed by atoms with Gasteiger partial charge in [-0.2, -0.15) is 0 Å². The number of amidine groups is 1. The van der Waals surface area contributed by atoms with Gasteiger partial charge in [0.25, 0.3) is 11.8 Å². The molecule has 1 spiro atoms. The fourth-order valence-electron chi connectivity index (χ4n) is 4.55. The number of hydrogen-bond acceptors (Lipinski definition) is 6. The molecule has 192 valence electrons. The number of carbonyl (C=O) groups is 2. The minimum atomic E-state index is -3.56. The molecule has 2 aliphatic heterocycles. The first-order valence-electron chi connectivity index (χ1n) is 11.6. The van der Waals surface area contributed by atoms with Gasteiger partial charge in [0.05, 0.1) is 5.75 Å². The molecule has 0 aromatic heterocycles. The monoisotopic (exact) mass is 516 g/mol. The van der Waals surface area contributed by atoms with Crippen molar-refractivity contribution >= 4 is 27.7 Å². The Labute approximate surface area is 209 Å². The summed E-state index contributed by atoms with van der Waals surface area (Å²) in [7, 11) is -0.193. The van der Waals surface area contributed by atoms with E-state index in [1.807, 2.05) is 6.92 Å². The lowest BCUT2D eigenvalue weighted by Crippen LogP contribution is -2.50. The van der Waals surface area contributed by atoms with Crippen molar-refractivity contribution < 1.29 is 27.5 Å². The highest BCUT2D eigenvalue weighted by Crippen LogP contribution is 2.32. The zero-order chi connectivity index (χ0) is 26.1. The van der Waals surface area contributed by atoms with Crippen LogP contribution in [0.3, 0.4) is 0 Å². The van der Waals surface area contributed by atoms with Gasteiger partial charge in [-0.25, -0.2) is 12.7 Å². The molecule has 0 saturated carbocycles. The maximum absolute atomic E-state index is 13.1. The molecule has 2 aliphatic rings. The summed E-state index contributed by atoms with van der Waals surface area (Å²) in [6, 6.07) is 11.4. The fraction of sp³-hybridized carbons (Fsp3) is 0.400. The van der Waals surface area contributed by atoms with E-state index in [0.717, 1.165) is 11.1 Å². The summed E-state index contributed by atoms with van der Waals surface area (Å²) in [6.45, 7) is 2.22. The van der Waals surface area contributed by atoms with E-state index in [4.69, 9.17) is 0 Å². The number of amides is 2. The lowest BCUT2D eigenvalue weighted by Gasteiger charge is -2.34. The molecule has 0 aliphatic carbocycles.